The molecule has 148 valence electrons. The molecular formula is C25H38N2. The van der Waals surface area contributed by atoms with E-state index in [1.165, 1.54) is 51.9 Å². The summed E-state index contributed by atoms with van der Waals surface area (Å²) in [5, 5.41) is 0. The molecule has 0 amide bonds. The van der Waals surface area contributed by atoms with E-state index in [9.17, 15) is 0 Å². The molecule has 2 heteroatoms. The van der Waals surface area contributed by atoms with Crippen LogP contribution in [0.4, 0.5) is 0 Å². The molecule has 3 fully saturated rings. The number of hydrogen-bond acceptors (Lipinski definition) is 2. The molecule has 1 aromatic carbocycles. The van der Waals surface area contributed by atoms with Gasteiger partial charge in [-0.3, -0.25) is 9.80 Å². The van der Waals surface area contributed by atoms with Crippen molar-refractivity contribution in [3.63, 3.8) is 0 Å². The van der Waals surface area contributed by atoms with Crippen molar-refractivity contribution in [1.82, 2.24) is 9.80 Å². The molecule has 1 saturated carbocycles. The van der Waals surface area contributed by atoms with E-state index in [0.717, 1.165) is 17.8 Å². The lowest BCUT2D eigenvalue weighted by Crippen LogP contribution is -2.54. The Kier molecular flexibility index (Phi) is 3.93. The zero-order valence-corrected chi connectivity index (χ0v) is 18.1. The molecule has 2 saturated heterocycles. The second kappa shape index (κ2) is 5.83. The Labute approximate surface area is 166 Å². The first-order valence-electron chi connectivity index (χ1n) is 11.3. The van der Waals surface area contributed by atoms with Gasteiger partial charge in [0.25, 0.3) is 0 Å². The van der Waals surface area contributed by atoms with Crippen LogP contribution in [0, 0.1) is 23.2 Å². The van der Waals surface area contributed by atoms with Crippen LogP contribution in [0.25, 0.3) is 0 Å². The molecule has 2 heterocycles. The zero-order valence-electron chi connectivity index (χ0n) is 18.1. The van der Waals surface area contributed by atoms with Crippen LogP contribution >= 0.6 is 0 Å². The minimum atomic E-state index is 0.344. The molecule has 5 rings (SSSR count). The minimum Gasteiger partial charge on any atom is -0.298 e. The summed E-state index contributed by atoms with van der Waals surface area (Å²) in [6.45, 7) is 17.5. The quantitative estimate of drug-likeness (QED) is 0.753. The van der Waals surface area contributed by atoms with E-state index in [-0.39, 0.29) is 0 Å². The maximum Gasteiger partial charge on any atom is 0.0187 e. The van der Waals surface area contributed by atoms with Crippen LogP contribution in [0.2, 0.25) is 0 Å². The average molecular weight is 367 g/mol. The Morgan fingerprint density at radius 1 is 0.815 bits per heavy atom. The van der Waals surface area contributed by atoms with Gasteiger partial charge in [0, 0.05) is 24.2 Å². The first kappa shape index (κ1) is 18.2. The summed E-state index contributed by atoms with van der Waals surface area (Å²) >= 11 is 0. The molecule has 2 atom stereocenters. The highest BCUT2D eigenvalue weighted by atomic mass is 15.3. The average Bonchev–Trinajstić information content (AvgIpc) is 2.96. The lowest BCUT2D eigenvalue weighted by atomic mass is 9.74. The van der Waals surface area contributed by atoms with E-state index in [1.807, 2.05) is 0 Å². The van der Waals surface area contributed by atoms with Crippen molar-refractivity contribution in [3.05, 3.63) is 35.4 Å². The molecule has 0 N–H and O–H groups in total. The topological polar surface area (TPSA) is 6.48 Å². The van der Waals surface area contributed by atoms with Gasteiger partial charge in [-0.2, -0.15) is 0 Å². The Bertz CT molecular complexity index is 681. The van der Waals surface area contributed by atoms with Gasteiger partial charge in [-0.05, 0) is 108 Å². The van der Waals surface area contributed by atoms with Crippen molar-refractivity contribution < 1.29 is 0 Å². The summed E-state index contributed by atoms with van der Waals surface area (Å²) in [6.07, 6.45) is 5.43. The van der Waals surface area contributed by atoms with Crippen molar-refractivity contribution in [3.8, 4) is 0 Å². The standard InChI is InChI=1S/C25H38N2/c1-23(2,3)27-16-20-21(17-27)22(20)24(4,5)26-12-10-25(11-13-26)14-18-8-6-7-9-19(18)15-25/h6-9,20-22H,10-17H2,1-5H3. The highest BCUT2D eigenvalue weighted by molar-refractivity contribution is 5.34. The molecule has 2 nitrogen and oxygen atoms in total. The van der Waals surface area contributed by atoms with Crippen molar-refractivity contribution in [1.29, 1.82) is 0 Å². The normalized spacial score (nSPS) is 33.3. The largest absolute Gasteiger partial charge is 0.298 e. The summed E-state index contributed by atoms with van der Waals surface area (Å²) in [7, 11) is 0. The highest BCUT2D eigenvalue weighted by Gasteiger charge is 2.63. The summed E-state index contributed by atoms with van der Waals surface area (Å²) in [6, 6.07) is 9.19. The number of likely N-dealkylation sites (tertiary alicyclic amines) is 2. The Balaban J connectivity index is 1.21. The number of fused-ring (bicyclic) bond motifs is 2. The van der Waals surface area contributed by atoms with Crippen molar-refractivity contribution in [2.45, 2.75) is 71.4 Å². The van der Waals surface area contributed by atoms with Gasteiger partial charge in [0.1, 0.15) is 0 Å². The fourth-order valence-electron chi connectivity index (χ4n) is 7.02. The molecule has 0 bridgehead atoms. The van der Waals surface area contributed by atoms with Crippen molar-refractivity contribution in [2.24, 2.45) is 23.2 Å². The van der Waals surface area contributed by atoms with Gasteiger partial charge in [-0.1, -0.05) is 24.3 Å². The predicted octanol–water partition coefficient (Wildman–Crippen LogP) is 4.62. The first-order chi connectivity index (χ1) is 12.7. The molecule has 27 heavy (non-hydrogen) atoms. The van der Waals surface area contributed by atoms with Crippen LogP contribution in [0.3, 0.4) is 0 Å². The van der Waals surface area contributed by atoms with Gasteiger partial charge in [0.2, 0.25) is 0 Å². The molecule has 2 aliphatic carbocycles. The van der Waals surface area contributed by atoms with Gasteiger partial charge in [-0.15, -0.1) is 0 Å². The zero-order chi connectivity index (χ0) is 19.0. The summed E-state index contributed by atoms with van der Waals surface area (Å²) < 4.78 is 0. The van der Waals surface area contributed by atoms with E-state index in [1.54, 1.807) is 11.1 Å². The third kappa shape index (κ3) is 2.90. The van der Waals surface area contributed by atoms with E-state index in [2.05, 4.69) is 68.7 Å². The lowest BCUT2D eigenvalue weighted by molar-refractivity contribution is 0.0127. The van der Waals surface area contributed by atoms with E-state index in [0.29, 0.717) is 16.5 Å². The summed E-state index contributed by atoms with van der Waals surface area (Å²) in [5.74, 6) is 2.82. The van der Waals surface area contributed by atoms with Gasteiger partial charge in [-0.25, -0.2) is 0 Å². The number of benzene rings is 1. The van der Waals surface area contributed by atoms with Gasteiger partial charge in [0.15, 0.2) is 0 Å². The van der Waals surface area contributed by atoms with Crippen LogP contribution < -0.4 is 0 Å². The highest BCUT2D eigenvalue weighted by Crippen LogP contribution is 2.60. The van der Waals surface area contributed by atoms with Crippen LogP contribution in [0.1, 0.15) is 58.6 Å². The summed E-state index contributed by atoms with van der Waals surface area (Å²) in [4.78, 5) is 5.58. The number of nitrogens with zero attached hydrogens (tertiary/aromatic N) is 2. The van der Waals surface area contributed by atoms with E-state index >= 15 is 0 Å². The first-order valence-corrected chi connectivity index (χ1v) is 11.3. The third-order valence-corrected chi connectivity index (χ3v) is 8.85. The Morgan fingerprint density at radius 3 is 1.81 bits per heavy atom. The smallest absolute Gasteiger partial charge is 0.0187 e. The maximum atomic E-state index is 2.87. The fourth-order valence-corrected chi connectivity index (χ4v) is 7.02. The maximum absolute atomic E-state index is 2.87. The molecule has 2 aliphatic heterocycles. The Hall–Kier alpha value is -0.860. The molecule has 0 radical (unpaired) electrons. The molecule has 1 spiro atoms. The summed E-state index contributed by atoms with van der Waals surface area (Å²) in [5.41, 5.74) is 4.55. The molecule has 1 aromatic rings. The molecular weight excluding hydrogens is 328 g/mol. The number of piperidine rings is 2. The van der Waals surface area contributed by atoms with Gasteiger partial charge < -0.3 is 0 Å². The van der Waals surface area contributed by atoms with E-state index in [4.69, 9.17) is 0 Å². The second-order valence-corrected chi connectivity index (χ2v) is 11.7. The van der Waals surface area contributed by atoms with Crippen molar-refractivity contribution >= 4 is 0 Å². The van der Waals surface area contributed by atoms with Gasteiger partial charge >= 0.3 is 0 Å². The monoisotopic (exact) mass is 366 g/mol. The van der Waals surface area contributed by atoms with Crippen LogP contribution in [0.5, 0.6) is 0 Å². The van der Waals surface area contributed by atoms with Crippen LogP contribution in [-0.2, 0) is 12.8 Å². The number of hydrogen-bond donors (Lipinski definition) is 0. The third-order valence-electron chi connectivity index (χ3n) is 8.85. The fraction of sp³-hybridized carbons (Fsp3) is 0.760. The predicted molar refractivity (Wildman–Crippen MR) is 113 cm³/mol. The minimum absolute atomic E-state index is 0.344. The lowest BCUT2D eigenvalue weighted by Gasteiger charge is -2.48. The van der Waals surface area contributed by atoms with E-state index < -0.39 is 0 Å². The van der Waals surface area contributed by atoms with Gasteiger partial charge in [0.05, 0.1) is 0 Å². The second-order valence-electron chi connectivity index (χ2n) is 11.7. The number of rotatable bonds is 2. The van der Waals surface area contributed by atoms with Crippen molar-refractivity contribution in [2.75, 3.05) is 26.2 Å². The van der Waals surface area contributed by atoms with Crippen LogP contribution in [0.15, 0.2) is 24.3 Å². The molecule has 2 unspecified atom stereocenters. The molecule has 4 aliphatic rings. The van der Waals surface area contributed by atoms with Crippen LogP contribution in [-0.4, -0.2) is 47.1 Å². The SMILES string of the molecule is CC(C)(C)N1CC2C(C1)C2C(C)(C)N1CCC2(CC1)Cc1ccccc1C2. The Morgan fingerprint density at radius 2 is 1.33 bits per heavy atom. The molecule has 0 aromatic heterocycles.